The predicted molar refractivity (Wildman–Crippen MR) is 115 cm³/mol. The van der Waals surface area contributed by atoms with E-state index in [2.05, 4.69) is 40.9 Å². The number of likely N-dealkylation sites (tertiary alicyclic amines) is 2. The van der Waals surface area contributed by atoms with E-state index in [9.17, 15) is 0 Å². The summed E-state index contributed by atoms with van der Waals surface area (Å²) < 4.78 is 0. The average Bonchev–Trinajstić information content (AvgIpc) is 3.22. The Bertz CT molecular complexity index is 357. The molecule has 0 radical (unpaired) electrons. The van der Waals surface area contributed by atoms with Gasteiger partial charge in [-0.05, 0) is 59.3 Å². The lowest BCUT2D eigenvalue weighted by Crippen LogP contribution is -2.43. The normalized spacial score (nSPS) is 22.2. The fourth-order valence-corrected chi connectivity index (χ4v) is 3.63. The summed E-state index contributed by atoms with van der Waals surface area (Å²) in [6, 6.07) is 0.744. The van der Waals surface area contributed by atoms with Crippen LogP contribution in [-0.2, 0) is 0 Å². The smallest absolute Gasteiger partial charge is 0.194 e. The zero-order valence-corrected chi connectivity index (χ0v) is 18.3. The molecule has 0 aromatic carbocycles. The molecule has 0 aliphatic carbocycles. The Kier molecular flexibility index (Phi) is 11.3. The van der Waals surface area contributed by atoms with E-state index in [1.807, 2.05) is 0 Å². The van der Waals surface area contributed by atoms with Gasteiger partial charge in [0.2, 0.25) is 0 Å². The van der Waals surface area contributed by atoms with Crippen molar-refractivity contribution in [2.75, 3.05) is 59.4 Å². The molecule has 24 heavy (non-hydrogen) atoms. The third-order valence-corrected chi connectivity index (χ3v) is 5.09. The third-order valence-electron chi connectivity index (χ3n) is 5.09. The first kappa shape index (κ1) is 22.0. The molecule has 0 saturated carbocycles. The van der Waals surface area contributed by atoms with E-state index in [4.69, 9.17) is 4.99 Å². The maximum Gasteiger partial charge on any atom is 0.194 e. The second kappa shape index (κ2) is 12.3. The van der Waals surface area contributed by atoms with Gasteiger partial charge in [-0.3, -0.25) is 9.89 Å². The van der Waals surface area contributed by atoms with Gasteiger partial charge in [0.15, 0.2) is 5.96 Å². The van der Waals surface area contributed by atoms with Crippen LogP contribution in [0.25, 0.3) is 0 Å². The van der Waals surface area contributed by atoms with Crippen molar-refractivity contribution in [2.24, 2.45) is 4.99 Å². The molecular weight excluding hydrogens is 413 g/mol. The summed E-state index contributed by atoms with van der Waals surface area (Å²) in [6.45, 7) is 13.4. The molecule has 0 aromatic rings. The van der Waals surface area contributed by atoms with E-state index in [0.717, 1.165) is 44.7 Å². The predicted octanol–water partition coefficient (Wildman–Crippen LogP) is 2.47. The minimum atomic E-state index is 0. The summed E-state index contributed by atoms with van der Waals surface area (Å²) in [5.41, 5.74) is 0. The van der Waals surface area contributed by atoms with Gasteiger partial charge in [0, 0.05) is 32.2 Å². The number of aliphatic imine (C=N–C) groups is 1. The molecule has 1 atom stereocenters. The molecule has 142 valence electrons. The first-order valence-electron chi connectivity index (χ1n) is 9.70. The lowest BCUT2D eigenvalue weighted by atomic mass is 10.2. The summed E-state index contributed by atoms with van der Waals surface area (Å²) in [7, 11) is 2.21. The lowest BCUT2D eigenvalue weighted by molar-refractivity contribution is 0.249. The zero-order valence-electron chi connectivity index (χ0n) is 16.0. The SMILES string of the molecule is CCCCN(C)CCN=C(NCC)N1CCC(N2CCCC2)C1.I. The Morgan fingerprint density at radius 1 is 1.17 bits per heavy atom. The number of nitrogens with zero attached hydrogens (tertiary/aromatic N) is 4. The molecule has 0 bridgehead atoms. The van der Waals surface area contributed by atoms with Crippen LogP contribution in [0.5, 0.6) is 0 Å². The Labute approximate surface area is 166 Å². The lowest BCUT2D eigenvalue weighted by Gasteiger charge is -2.25. The largest absolute Gasteiger partial charge is 0.357 e. The molecule has 6 heteroatoms. The van der Waals surface area contributed by atoms with Crippen molar-refractivity contribution < 1.29 is 0 Å². The molecule has 2 rings (SSSR count). The average molecular weight is 451 g/mol. The molecule has 1 unspecified atom stereocenters. The van der Waals surface area contributed by atoms with Gasteiger partial charge in [-0.1, -0.05) is 13.3 Å². The van der Waals surface area contributed by atoms with Gasteiger partial charge in [-0.15, -0.1) is 24.0 Å². The van der Waals surface area contributed by atoms with E-state index >= 15 is 0 Å². The monoisotopic (exact) mass is 451 g/mol. The van der Waals surface area contributed by atoms with Crippen LogP contribution in [-0.4, -0.2) is 86.1 Å². The van der Waals surface area contributed by atoms with Crippen molar-refractivity contribution in [3.05, 3.63) is 0 Å². The molecule has 0 spiro atoms. The Morgan fingerprint density at radius 2 is 1.92 bits per heavy atom. The van der Waals surface area contributed by atoms with Crippen LogP contribution in [0.15, 0.2) is 4.99 Å². The number of guanidine groups is 1. The fourth-order valence-electron chi connectivity index (χ4n) is 3.63. The number of halogens is 1. The third kappa shape index (κ3) is 7.04. The number of hydrogen-bond acceptors (Lipinski definition) is 3. The van der Waals surface area contributed by atoms with Crippen molar-refractivity contribution in [1.29, 1.82) is 0 Å². The molecule has 0 amide bonds. The number of nitrogens with one attached hydrogen (secondary N) is 1. The molecule has 2 fully saturated rings. The molecule has 5 nitrogen and oxygen atoms in total. The standard InChI is InChI=1S/C18H37N5.HI/c1-4-6-11-21(3)15-10-20-18(19-5-2)23-14-9-17(16-23)22-12-7-8-13-22;/h17H,4-16H2,1-3H3,(H,19,20);1H. The molecular formula is C18H38IN5. The van der Waals surface area contributed by atoms with Gasteiger partial charge in [0.25, 0.3) is 0 Å². The first-order valence-corrected chi connectivity index (χ1v) is 9.70. The molecule has 2 saturated heterocycles. The van der Waals surface area contributed by atoms with Crippen LogP contribution < -0.4 is 5.32 Å². The Balaban J connectivity index is 0.00000288. The Hall–Kier alpha value is -0.0800. The highest BCUT2D eigenvalue weighted by molar-refractivity contribution is 14.0. The highest BCUT2D eigenvalue weighted by Gasteiger charge is 2.30. The number of hydrogen-bond donors (Lipinski definition) is 1. The summed E-state index contributed by atoms with van der Waals surface area (Å²) in [5.74, 6) is 1.12. The molecule has 2 aliphatic heterocycles. The molecule has 1 N–H and O–H groups in total. The summed E-state index contributed by atoms with van der Waals surface area (Å²) >= 11 is 0. The van der Waals surface area contributed by atoms with Gasteiger partial charge in [-0.25, -0.2) is 0 Å². The van der Waals surface area contributed by atoms with Crippen LogP contribution >= 0.6 is 24.0 Å². The topological polar surface area (TPSA) is 34.1 Å². The van der Waals surface area contributed by atoms with Crippen molar-refractivity contribution in [3.63, 3.8) is 0 Å². The minimum absolute atomic E-state index is 0. The second-order valence-corrected chi connectivity index (χ2v) is 7.02. The maximum atomic E-state index is 4.88. The quantitative estimate of drug-likeness (QED) is 0.349. The van der Waals surface area contributed by atoms with Crippen molar-refractivity contribution in [2.45, 2.75) is 52.0 Å². The number of likely N-dealkylation sites (N-methyl/N-ethyl adjacent to an activating group) is 1. The number of rotatable bonds is 8. The molecule has 2 aliphatic rings. The minimum Gasteiger partial charge on any atom is -0.357 e. The van der Waals surface area contributed by atoms with Crippen LogP contribution in [0.1, 0.15) is 46.0 Å². The maximum absolute atomic E-state index is 4.88. The van der Waals surface area contributed by atoms with Crippen molar-refractivity contribution >= 4 is 29.9 Å². The van der Waals surface area contributed by atoms with E-state index in [1.165, 1.54) is 51.7 Å². The molecule has 2 heterocycles. The highest BCUT2D eigenvalue weighted by atomic mass is 127. The van der Waals surface area contributed by atoms with Crippen LogP contribution in [0.2, 0.25) is 0 Å². The summed E-state index contributed by atoms with van der Waals surface area (Å²) in [5, 5.41) is 3.49. The second-order valence-electron chi connectivity index (χ2n) is 7.02. The van der Waals surface area contributed by atoms with Gasteiger partial charge < -0.3 is 15.1 Å². The van der Waals surface area contributed by atoms with E-state index < -0.39 is 0 Å². The van der Waals surface area contributed by atoms with Crippen LogP contribution in [0.3, 0.4) is 0 Å². The Morgan fingerprint density at radius 3 is 2.58 bits per heavy atom. The van der Waals surface area contributed by atoms with Crippen molar-refractivity contribution in [1.82, 2.24) is 20.0 Å². The first-order chi connectivity index (χ1) is 11.2. The van der Waals surface area contributed by atoms with E-state index in [0.29, 0.717) is 0 Å². The van der Waals surface area contributed by atoms with E-state index in [-0.39, 0.29) is 24.0 Å². The number of unbranched alkanes of at least 4 members (excludes halogenated alkanes) is 1. The summed E-state index contributed by atoms with van der Waals surface area (Å²) in [4.78, 5) is 12.4. The fraction of sp³-hybridized carbons (Fsp3) is 0.944. The zero-order chi connectivity index (χ0) is 16.5. The highest BCUT2D eigenvalue weighted by Crippen LogP contribution is 2.20. The van der Waals surface area contributed by atoms with Crippen LogP contribution in [0.4, 0.5) is 0 Å². The van der Waals surface area contributed by atoms with Crippen LogP contribution in [0, 0.1) is 0 Å². The van der Waals surface area contributed by atoms with Crippen molar-refractivity contribution in [3.8, 4) is 0 Å². The van der Waals surface area contributed by atoms with Gasteiger partial charge in [0.05, 0.1) is 6.54 Å². The van der Waals surface area contributed by atoms with Gasteiger partial charge >= 0.3 is 0 Å². The van der Waals surface area contributed by atoms with Gasteiger partial charge in [0.1, 0.15) is 0 Å². The van der Waals surface area contributed by atoms with Gasteiger partial charge in [-0.2, -0.15) is 0 Å². The molecule has 0 aromatic heterocycles. The summed E-state index contributed by atoms with van der Waals surface area (Å²) in [6.07, 6.45) is 6.61. The van der Waals surface area contributed by atoms with E-state index in [1.54, 1.807) is 0 Å².